The van der Waals surface area contributed by atoms with Gasteiger partial charge in [-0.1, -0.05) is 42.5 Å². The molecule has 0 amide bonds. The van der Waals surface area contributed by atoms with E-state index in [9.17, 15) is 4.79 Å². The van der Waals surface area contributed by atoms with E-state index in [1.807, 2.05) is 54.6 Å². The van der Waals surface area contributed by atoms with E-state index >= 15 is 0 Å². The fraction of sp³-hybridized carbons (Fsp3) is 0.0952. The second-order valence-corrected chi connectivity index (χ2v) is 5.73. The van der Waals surface area contributed by atoms with Crippen LogP contribution in [-0.2, 0) is 17.2 Å². The van der Waals surface area contributed by atoms with Gasteiger partial charge in [0.2, 0.25) is 0 Å². The molecule has 3 nitrogen and oxygen atoms in total. The van der Waals surface area contributed by atoms with Gasteiger partial charge in [0.1, 0.15) is 18.1 Å². The van der Waals surface area contributed by atoms with Crippen LogP contribution in [0.5, 0.6) is 11.5 Å². The van der Waals surface area contributed by atoms with Crippen molar-refractivity contribution in [1.82, 2.24) is 0 Å². The maximum absolute atomic E-state index is 12.1. The number of benzene rings is 3. The Kier molecular flexibility index (Phi) is 5.70. The molecule has 0 atom stereocenters. The molecule has 0 saturated heterocycles. The van der Waals surface area contributed by atoms with Gasteiger partial charge >= 0.3 is 5.97 Å². The predicted octanol–water partition coefficient (Wildman–Crippen LogP) is 5.57. The highest BCUT2D eigenvalue weighted by Gasteiger charge is 2.08. The van der Waals surface area contributed by atoms with Crippen molar-refractivity contribution in [2.45, 2.75) is 12.5 Å². The number of carbonyl (C=O) groups is 1. The van der Waals surface area contributed by atoms with Gasteiger partial charge in [-0.15, -0.1) is 11.6 Å². The molecular formula is C21H17ClO3. The van der Waals surface area contributed by atoms with E-state index in [2.05, 4.69) is 0 Å². The fourth-order valence-corrected chi connectivity index (χ4v) is 2.43. The van der Waals surface area contributed by atoms with E-state index in [-0.39, 0.29) is 12.6 Å². The van der Waals surface area contributed by atoms with Gasteiger partial charge in [-0.3, -0.25) is 0 Å². The lowest BCUT2D eigenvalue weighted by molar-refractivity contribution is 0.0472. The first-order valence-electron chi connectivity index (χ1n) is 7.88. The number of alkyl halides is 1. The van der Waals surface area contributed by atoms with Crippen LogP contribution in [0.3, 0.4) is 0 Å². The van der Waals surface area contributed by atoms with E-state index in [1.165, 1.54) is 0 Å². The Bertz CT molecular complexity index is 812. The zero-order valence-electron chi connectivity index (χ0n) is 13.5. The third kappa shape index (κ3) is 4.85. The number of hydrogen-bond donors (Lipinski definition) is 0. The molecule has 0 aliphatic carbocycles. The van der Waals surface area contributed by atoms with Crippen LogP contribution in [0.1, 0.15) is 21.5 Å². The van der Waals surface area contributed by atoms with Crippen molar-refractivity contribution in [3.63, 3.8) is 0 Å². The summed E-state index contributed by atoms with van der Waals surface area (Å²) in [7, 11) is 0. The molecule has 0 bridgehead atoms. The van der Waals surface area contributed by atoms with Gasteiger partial charge in [-0.25, -0.2) is 4.79 Å². The first-order valence-corrected chi connectivity index (χ1v) is 8.42. The standard InChI is InChI=1S/C21H17ClO3/c22-14-16-6-10-19(11-7-16)25-20-12-8-18(9-13-20)21(23)24-15-17-4-2-1-3-5-17/h1-13H,14-15H2. The van der Waals surface area contributed by atoms with Crippen LogP contribution in [0.15, 0.2) is 78.9 Å². The Morgan fingerprint density at radius 3 is 1.96 bits per heavy atom. The minimum absolute atomic E-state index is 0.255. The molecule has 3 rings (SSSR count). The van der Waals surface area contributed by atoms with Crippen LogP contribution < -0.4 is 4.74 Å². The van der Waals surface area contributed by atoms with Crippen molar-refractivity contribution < 1.29 is 14.3 Å². The maximum Gasteiger partial charge on any atom is 0.338 e. The summed E-state index contributed by atoms with van der Waals surface area (Å²) in [6, 6.07) is 24.0. The molecule has 126 valence electrons. The topological polar surface area (TPSA) is 35.5 Å². The molecule has 0 aromatic heterocycles. The number of carbonyl (C=O) groups excluding carboxylic acids is 1. The molecule has 0 saturated carbocycles. The van der Waals surface area contributed by atoms with Crippen LogP contribution in [0.2, 0.25) is 0 Å². The largest absolute Gasteiger partial charge is 0.457 e. The first-order chi connectivity index (χ1) is 12.2. The van der Waals surface area contributed by atoms with Gasteiger partial charge in [-0.2, -0.15) is 0 Å². The van der Waals surface area contributed by atoms with Crippen molar-refractivity contribution in [2.75, 3.05) is 0 Å². The van der Waals surface area contributed by atoms with Gasteiger partial charge in [0.05, 0.1) is 5.56 Å². The van der Waals surface area contributed by atoms with Gasteiger partial charge < -0.3 is 9.47 Å². The lowest BCUT2D eigenvalue weighted by atomic mass is 10.2. The zero-order chi connectivity index (χ0) is 17.5. The average molecular weight is 353 g/mol. The van der Waals surface area contributed by atoms with E-state index < -0.39 is 0 Å². The van der Waals surface area contributed by atoms with Crippen LogP contribution in [0, 0.1) is 0 Å². The highest BCUT2D eigenvalue weighted by Crippen LogP contribution is 2.22. The van der Waals surface area contributed by atoms with Crippen molar-refractivity contribution >= 4 is 17.6 Å². The summed E-state index contributed by atoms with van der Waals surface area (Å²) in [5.41, 5.74) is 2.47. The third-order valence-electron chi connectivity index (χ3n) is 3.62. The predicted molar refractivity (Wildman–Crippen MR) is 98.1 cm³/mol. The van der Waals surface area contributed by atoms with Gasteiger partial charge in [0, 0.05) is 5.88 Å². The van der Waals surface area contributed by atoms with Crippen LogP contribution in [0.4, 0.5) is 0 Å². The molecule has 3 aromatic carbocycles. The Morgan fingerprint density at radius 1 is 0.760 bits per heavy atom. The normalized spacial score (nSPS) is 10.3. The molecule has 0 unspecified atom stereocenters. The van der Waals surface area contributed by atoms with Crippen molar-refractivity contribution in [3.05, 3.63) is 95.6 Å². The van der Waals surface area contributed by atoms with Crippen LogP contribution >= 0.6 is 11.6 Å². The molecule has 25 heavy (non-hydrogen) atoms. The number of halogens is 1. The molecule has 0 radical (unpaired) electrons. The molecule has 0 fully saturated rings. The lowest BCUT2D eigenvalue weighted by Gasteiger charge is -2.08. The summed E-state index contributed by atoms with van der Waals surface area (Å²) in [5.74, 6) is 1.48. The second kappa shape index (κ2) is 8.36. The van der Waals surface area contributed by atoms with Crippen molar-refractivity contribution in [1.29, 1.82) is 0 Å². The summed E-state index contributed by atoms with van der Waals surface area (Å²) in [6.07, 6.45) is 0. The van der Waals surface area contributed by atoms with E-state index in [1.54, 1.807) is 24.3 Å². The zero-order valence-corrected chi connectivity index (χ0v) is 14.3. The first kappa shape index (κ1) is 17.1. The molecule has 0 N–H and O–H groups in total. The van der Waals surface area contributed by atoms with E-state index in [0.29, 0.717) is 22.9 Å². The molecule has 3 aromatic rings. The van der Waals surface area contributed by atoms with Crippen molar-refractivity contribution in [2.24, 2.45) is 0 Å². The Balaban J connectivity index is 1.58. The number of ether oxygens (including phenoxy) is 2. The van der Waals surface area contributed by atoms with Crippen molar-refractivity contribution in [3.8, 4) is 11.5 Å². The Labute approximate surface area is 151 Å². The smallest absolute Gasteiger partial charge is 0.338 e. The SMILES string of the molecule is O=C(OCc1ccccc1)c1ccc(Oc2ccc(CCl)cc2)cc1. The lowest BCUT2D eigenvalue weighted by Crippen LogP contribution is -2.05. The van der Waals surface area contributed by atoms with E-state index in [4.69, 9.17) is 21.1 Å². The molecular weight excluding hydrogens is 336 g/mol. The molecule has 0 spiro atoms. The number of hydrogen-bond acceptors (Lipinski definition) is 3. The minimum atomic E-state index is -0.359. The van der Waals surface area contributed by atoms with E-state index in [0.717, 1.165) is 11.1 Å². The number of rotatable bonds is 6. The number of esters is 1. The summed E-state index contributed by atoms with van der Waals surface area (Å²) in [5, 5.41) is 0. The fourth-order valence-electron chi connectivity index (χ4n) is 2.25. The maximum atomic E-state index is 12.1. The van der Waals surface area contributed by atoms with Crippen LogP contribution in [0.25, 0.3) is 0 Å². The third-order valence-corrected chi connectivity index (χ3v) is 3.92. The van der Waals surface area contributed by atoms with Crippen LogP contribution in [-0.4, -0.2) is 5.97 Å². The molecule has 0 heterocycles. The molecule has 0 aliphatic heterocycles. The summed E-state index contributed by atoms with van der Waals surface area (Å²) in [4.78, 5) is 12.1. The Morgan fingerprint density at radius 2 is 1.36 bits per heavy atom. The molecule has 4 heteroatoms. The van der Waals surface area contributed by atoms with Gasteiger partial charge in [0.15, 0.2) is 0 Å². The highest BCUT2D eigenvalue weighted by atomic mass is 35.5. The quantitative estimate of drug-likeness (QED) is 0.429. The van der Waals surface area contributed by atoms with Gasteiger partial charge in [0.25, 0.3) is 0 Å². The summed E-state index contributed by atoms with van der Waals surface area (Å²) < 4.78 is 11.1. The second-order valence-electron chi connectivity index (χ2n) is 5.47. The van der Waals surface area contributed by atoms with Gasteiger partial charge in [-0.05, 0) is 47.5 Å². The highest BCUT2D eigenvalue weighted by molar-refractivity contribution is 6.17. The minimum Gasteiger partial charge on any atom is -0.457 e. The monoisotopic (exact) mass is 352 g/mol. The average Bonchev–Trinajstić information content (AvgIpc) is 2.68. The Hall–Kier alpha value is -2.78. The molecule has 0 aliphatic rings. The summed E-state index contributed by atoms with van der Waals surface area (Å²) >= 11 is 5.77. The summed E-state index contributed by atoms with van der Waals surface area (Å²) in [6.45, 7) is 0.255.